The highest BCUT2D eigenvalue weighted by molar-refractivity contribution is 8.04. The van der Waals surface area contributed by atoms with Crippen LogP contribution in [0, 0.1) is 0 Å². The first-order valence-corrected chi connectivity index (χ1v) is 8.99. The fraction of sp³-hybridized carbons (Fsp3) is 0.778. The van der Waals surface area contributed by atoms with Crippen LogP contribution in [0.2, 0.25) is 19.6 Å². The lowest BCUT2D eigenvalue weighted by molar-refractivity contribution is 0.958. The van der Waals surface area contributed by atoms with Crippen molar-refractivity contribution in [3.05, 3.63) is 10.6 Å². The quantitative estimate of drug-likeness (QED) is 0.603. The molecule has 0 aliphatic rings. The van der Waals surface area contributed by atoms with Crippen LogP contribution in [0.4, 0.5) is 0 Å². The minimum atomic E-state index is -1.000. The van der Waals surface area contributed by atoms with Crippen LogP contribution >= 0.6 is 11.8 Å². The molecule has 0 aliphatic carbocycles. The van der Waals surface area contributed by atoms with E-state index in [9.17, 15) is 0 Å². The molecule has 0 nitrogen and oxygen atoms in total. The molecule has 0 aromatic heterocycles. The topological polar surface area (TPSA) is 0 Å². The van der Waals surface area contributed by atoms with Gasteiger partial charge in [0, 0.05) is 0 Å². The summed E-state index contributed by atoms with van der Waals surface area (Å²) in [5.74, 6) is 0. The van der Waals surface area contributed by atoms with Crippen molar-refractivity contribution in [2.75, 3.05) is 6.26 Å². The lowest BCUT2D eigenvalue weighted by atomic mass is 10.3. The number of rotatable bonds is 4. The van der Waals surface area contributed by atoms with E-state index >= 15 is 0 Å². The van der Waals surface area contributed by atoms with Crippen LogP contribution in [0.25, 0.3) is 0 Å². The highest BCUT2D eigenvalue weighted by Crippen LogP contribution is 2.24. The number of unbranched alkanes of at least 4 members (excludes halogenated alkanes) is 1. The van der Waals surface area contributed by atoms with E-state index in [1.165, 1.54) is 12.8 Å². The smallest absolute Gasteiger partial charge is 0.0853 e. The van der Waals surface area contributed by atoms with Crippen molar-refractivity contribution >= 4 is 19.8 Å². The van der Waals surface area contributed by atoms with Gasteiger partial charge in [0.05, 0.1) is 8.07 Å². The number of hydrogen-bond acceptors (Lipinski definition) is 1. The highest BCUT2D eigenvalue weighted by atomic mass is 32.2. The summed E-state index contributed by atoms with van der Waals surface area (Å²) in [6.45, 7) is 9.46. The normalized spacial score (nSPS) is 13.7. The molecule has 0 rings (SSSR count). The van der Waals surface area contributed by atoms with Crippen LogP contribution < -0.4 is 0 Å². The van der Waals surface area contributed by atoms with Gasteiger partial charge in [0.1, 0.15) is 0 Å². The SMILES string of the molecule is CCCC=C(SC)[Si](C)(C)C. The maximum Gasteiger partial charge on any atom is 0.0853 e. The van der Waals surface area contributed by atoms with Crippen molar-refractivity contribution in [2.24, 2.45) is 0 Å². The lowest BCUT2D eigenvalue weighted by Gasteiger charge is -2.18. The lowest BCUT2D eigenvalue weighted by Crippen LogP contribution is -2.21. The molecule has 0 atom stereocenters. The first-order valence-electron chi connectivity index (χ1n) is 4.27. The van der Waals surface area contributed by atoms with E-state index in [0.29, 0.717) is 0 Å². The van der Waals surface area contributed by atoms with E-state index in [0.717, 1.165) is 0 Å². The Labute approximate surface area is 76.5 Å². The Hall–Kier alpha value is 0.307. The molecule has 0 heterocycles. The molecule has 0 aromatic carbocycles. The number of thioether (sulfide) groups is 1. The average molecular weight is 188 g/mol. The highest BCUT2D eigenvalue weighted by Gasteiger charge is 2.17. The van der Waals surface area contributed by atoms with E-state index in [1.54, 1.807) is 4.53 Å². The molecule has 0 radical (unpaired) electrons. The Balaban J connectivity index is 4.16. The van der Waals surface area contributed by atoms with Gasteiger partial charge in [-0.25, -0.2) is 0 Å². The largest absolute Gasteiger partial charge is 0.139 e. The van der Waals surface area contributed by atoms with Gasteiger partial charge in [-0.1, -0.05) is 39.1 Å². The van der Waals surface area contributed by atoms with E-state index in [4.69, 9.17) is 0 Å². The molecule has 0 bridgehead atoms. The summed E-state index contributed by atoms with van der Waals surface area (Å²) in [7, 11) is -1.000. The molecule has 0 saturated carbocycles. The summed E-state index contributed by atoms with van der Waals surface area (Å²) in [5, 5.41) is 0. The standard InChI is InChI=1S/C9H20SSi/c1-6-7-8-9(10-2)11(3,4)5/h8H,6-7H2,1-5H3. The second-order valence-electron chi connectivity index (χ2n) is 3.81. The molecule has 2 heteroatoms. The molecule has 0 saturated heterocycles. The third-order valence-electron chi connectivity index (χ3n) is 1.58. The maximum atomic E-state index is 2.43. The summed E-state index contributed by atoms with van der Waals surface area (Å²) in [6.07, 6.45) is 7.14. The van der Waals surface area contributed by atoms with Crippen LogP contribution in [0.15, 0.2) is 10.6 Å². The van der Waals surface area contributed by atoms with E-state index in [2.05, 4.69) is 38.9 Å². The van der Waals surface area contributed by atoms with Gasteiger partial charge >= 0.3 is 0 Å². The number of hydrogen-bond donors (Lipinski definition) is 0. The van der Waals surface area contributed by atoms with Crippen molar-refractivity contribution in [2.45, 2.75) is 39.4 Å². The molecule has 0 N–H and O–H groups in total. The Morgan fingerprint density at radius 3 is 2.18 bits per heavy atom. The molecular weight excluding hydrogens is 168 g/mol. The van der Waals surface area contributed by atoms with Gasteiger partial charge in [0.2, 0.25) is 0 Å². The summed E-state index contributed by atoms with van der Waals surface area (Å²) in [6, 6.07) is 0. The summed E-state index contributed by atoms with van der Waals surface area (Å²) >= 11 is 1.94. The van der Waals surface area contributed by atoms with E-state index < -0.39 is 8.07 Å². The fourth-order valence-electron chi connectivity index (χ4n) is 0.971. The molecule has 0 amide bonds. The van der Waals surface area contributed by atoms with Crippen LogP contribution in [0.1, 0.15) is 19.8 Å². The first kappa shape index (κ1) is 11.3. The third kappa shape index (κ3) is 4.70. The Morgan fingerprint density at radius 1 is 1.36 bits per heavy atom. The minimum absolute atomic E-state index is 1.000. The molecule has 66 valence electrons. The second-order valence-corrected chi connectivity index (χ2v) is 10.1. The Morgan fingerprint density at radius 2 is 1.91 bits per heavy atom. The average Bonchev–Trinajstić information content (AvgIpc) is 1.87. The first-order chi connectivity index (χ1) is 5.02. The van der Waals surface area contributed by atoms with Gasteiger partial charge in [-0.3, -0.25) is 0 Å². The van der Waals surface area contributed by atoms with Crippen molar-refractivity contribution in [1.29, 1.82) is 0 Å². The maximum absolute atomic E-state index is 2.43. The summed E-state index contributed by atoms with van der Waals surface area (Å²) in [5.41, 5.74) is 0. The molecule has 0 spiro atoms. The van der Waals surface area contributed by atoms with Crippen molar-refractivity contribution in [3.63, 3.8) is 0 Å². The van der Waals surface area contributed by atoms with Crippen LogP contribution in [0.3, 0.4) is 0 Å². The van der Waals surface area contributed by atoms with Gasteiger partial charge < -0.3 is 0 Å². The minimum Gasteiger partial charge on any atom is -0.139 e. The number of allylic oxidation sites excluding steroid dienone is 1. The van der Waals surface area contributed by atoms with Gasteiger partial charge in [0.25, 0.3) is 0 Å². The zero-order valence-electron chi connectivity index (χ0n) is 8.40. The van der Waals surface area contributed by atoms with Gasteiger partial charge in [-0.05, 0) is 17.2 Å². The summed E-state index contributed by atoms with van der Waals surface area (Å²) in [4.78, 5) is 0. The second kappa shape index (κ2) is 5.04. The van der Waals surface area contributed by atoms with Crippen molar-refractivity contribution in [3.8, 4) is 0 Å². The Bertz CT molecular complexity index is 133. The zero-order valence-corrected chi connectivity index (χ0v) is 10.2. The molecular formula is C9H20SSi. The Kier molecular flexibility index (Phi) is 5.18. The van der Waals surface area contributed by atoms with Gasteiger partial charge in [-0.2, -0.15) is 0 Å². The molecule has 0 aromatic rings. The monoisotopic (exact) mass is 188 g/mol. The van der Waals surface area contributed by atoms with Crippen molar-refractivity contribution in [1.82, 2.24) is 0 Å². The van der Waals surface area contributed by atoms with E-state index in [-0.39, 0.29) is 0 Å². The van der Waals surface area contributed by atoms with Crippen LogP contribution in [-0.2, 0) is 0 Å². The zero-order chi connectivity index (χ0) is 8.91. The van der Waals surface area contributed by atoms with Crippen molar-refractivity contribution < 1.29 is 0 Å². The molecule has 11 heavy (non-hydrogen) atoms. The third-order valence-corrected chi connectivity index (χ3v) is 6.32. The van der Waals surface area contributed by atoms with Crippen LogP contribution in [-0.4, -0.2) is 14.3 Å². The van der Waals surface area contributed by atoms with Crippen LogP contribution in [0.5, 0.6) is 0 Å². The van der Waals surface area contributed by atoms with Gasteiger partial charge in [0.15, 0.2) is 0 Å². The van der Waals surface area contributed by atoms with E-state index in [1.807, 2.05) is 11.8 Å². The molecule has 0 unspecified atom stereocenters. The van der Waals surface area contributed by atoms with Gasteiger partial charge in [-0.15, -0.1) is 11.8 Å². The predicted octanol–water partition coefficient (Wildman–Crippen LogP) is 3.91. The molecule has 0 fully saturated rings. The predicted molar refractivity (Wildman–Crippen MR) is 59.9 cm³/mol. The molecule has 0 aliphatic heterocycles. The fourth-order valence-corrected chi connectivity index (χ4v) is 4.46. The summed E-state index contributed by atoms with van der Waals surface area (Å²) < 4.78 is 1.65.